The number of nitrogens with zero attached hydrogens (tertiary/aromatic N) is 1. The van der Waals surface area contributed by atoms with E-state index in [0.29, 0.717) is 6.61 Å². The van der Waals surface area contributed by atoms with Gasteiger partial charge in [0.1, 0.15) is 0 Å². The van der Waals surface area contributed by atoms with Crippen LogP contribution in [-0.2, 0) is 9.09 Å². The molecular formula is C9H25N2O4P. The number of carbonyl (C=O) groups is 1. The average molecular weight is 256 g/mol. The Morgan fingerprint density at radius 1 is 1.31 bits per heavy atom. The standard InChI is InChI=1S/C4H10.C3H8N2O.C2H7O3P/c1-3-4-2;1-5(2)3(4)6;1-2-5-6(3)4/h3-4H2,1-2H3;1-2H3,(H2,4,6);6H,2H2,1H3,(H,3,4). The highest BCUT2D eigenvalue weighted by atomic mass is 31.1. The van der Waals surface area contributed by atoms with Gasteiger partial charge in [0.05, 0.1) is 6.61 Å². The summed E-state index contributed by atoms with van der Waals surface area (Å²) >= 11 is 0. The minimum absolute atomic E-state index is 0.314. The summed E-state index contributed by atoms with van der Waals surface area (Å²) in [5.74, 6) is 0. The molecule has 0 rings (SSSR count). The van der Waals surface area contributed by atoms with Crippen molar-refractivity contribution in [3.63, 3.8) is 0 Å². The highest BCUT2D eigenvalue weighted by Crippen LogP contribution is 2.12. The van der Waals surface area contributed by atoms with Gasteiger partial charge in [-0.3, -0.25) is 4.57 Å². The van der Waals surface area contributed by atoms with Crippen molar-refractivity contribution in [1.29, 1.82) is 0 Å². The van der Waals surface area contributed by atoms with Crippen LogP contribution in [0.4, 0.5) is 4.79 Å². The molecule has 0 aromatic heterocycles. The molecule has 16 heavy (non-hydrogen) atoms. The van der Waals surface area contributed by atoms with E-state index in [4.69, 9.17) is 10.6 Å². The maximum atomic E-state index is 9.85. The number of hydrogen-bond donors (Lipinski definition) is 2. The maximum Gasteiger partial charge on any atom is 0.316 e. The molecule has 0 aromatic carbocycles. The first-order chi connectivity index (χ1) is 7.33. The largest absolute Gasteiger partial charge is 0.352 e. The first-order valence-corrected chi connectivity index (χ1v) is 6.42. The molecule has 7 heteroatoms. The van der Waals surface area contributed by atoms with Crippen molar-refractivity contribution in [3.05, 3.63) is 0 Å². The summed E-state index contributed by atoms with van der Waals surface area (Å²) in [6.07, 6.45) is 2.64. The van der Waals surface area contributed by atoms with Gasteiger partial charge in [0.2, 0.25) is 0 Å². The molecular weight excluding hydrogens is 231 g/mol. The third kappa shape index (κ3) is 37.6. The van der Waals surface area contributed by atoms with E-state index in [1.54, 1.807) is 21.0 Å². The first kappa shape index (κ1) is 20.8. The Kier molecular flexibility index (Phi) is 21.9. The Bertz CT molecular complexity index is 175. The fraction of sp³-hybridized carbons (Fsp3) is 0.889. The number of rotatable bonds is 3. The van der Waals surface area contributed by atoms with Crippen LogP contribution in [-0.4, -0.2) is 36.5 Å². The summed E-state index contributed by atoms with van der Waals surface area (Å²) in [4.78, 5) is 19.0. The van der Waals surface area contributed by atoms with Gasteiger partial charge in [-0.25, -0.2) is 4.79 Å². The summed E-state index contributed by atoms with van der Waals surface area (Å²) in [5, 5.41) is 0. The predicted octanol–water partition coefficient (Wildman–Crippen LogP) is 1.84. The number of amides is 2. The number of hydrogen-bond acceptors (Lipinski definition) is 3. The summed E-state index contributed by atoms with van der Waals surface area (Å²) in [7, 11) is 0.564. The minimum atomic E-state index is -2.64. The Morgan fingerprint density at radius 2 is 1.62 bits per heavy atom. The molecule has 2 amide bonds. The van der Waals surface area contributed by atoms with Gasteiger partial charge in [0, 0.05) is 14.1 Å². The van der Waals surface area contributed by atoms with Gasteiger partial charge in [-0.15, -0.1) is 0 Å². The van der Waals surface area contributed by atoms with E-state index in [0.717, 1.165) is 0 Å². The first-order valence-electron chi connectivity index (χ1n) is 5.15. The van der Waals surface area contributed by atoms with Gasteiger partial charge in [0.25, 0.3) is 0 Å². The normalized spacial score (nSPS) is 10.1. The van der Waals surface area contributed by atoms with Gasteiger partial charge in [-0.05, 0) is 6.92 Å². The highest BCUT2D eigenvalue weighted by Gasteiger charge is 1.88. The number of primary amides is 1. The summed E-state index contributed by atoms with van der Waals surface area (Å²) in [5.41, 5.74) is 4.72. The molecule has 1 unspecified atom stereocenters. The molecule has 0 fully saturated rings. The maximum absolute atomic E-state index is 9.85. The van der Waals surface area contributed by atoms with Gasteiger partial charge >= 0.3 is 14.3 Å². The molecule has 0 radical (unpaired) electrons. The molecule has 100 valence electrons. The minimum Gasteiger partial charge on any atom is -0.352 e. The lowest BCUT2D eigenvalue weighted by Gasteiger charge is -2.01. The molecule has 3 N–H and O–H groups in total. The zero-order valence-corrected chi connectivity index (χ0v) is 11.8. The van der Waals surface area contributed by atoms with Crippen LogP contribution in [0, 0.1) is 0 Å². The van der Waals surface area contributed by atoms with E-state index in [2.05, 4.69) is 18.4 Å². The van der Waals surface area contributed by atoms with Gasteiger partial charge in [-0.2, -0.15) is 0 Å². The highest BCUT2D eigenvalue weighted by molar-refractivity contribution is 7.32. The van der Waals surface area contributed by atoms with E-state index in [1.165, 1.54) is 17.7 Å². The van der Waals surface area contributed by atoms with Crippen molar-refractivity contribution < 1.29 is 18.8 Å². The van der Waals surface area contributed by atoms with Crippen LogP contribution in [0.1, 0.15) is 33.6 Å². The Hall–Kier alpha value is -0.580. The zero-order chi connectivity index (χ0) is 13.6. The molecule has 0 bridgehead atoms. The van der Waals surface area contributed by atoms with Crippen LogP contribution in [0.3, 0.4) is 0 Å². The quantitative estimate of drug-likeness (QED) is 0.753. The molecule has 0 aliphatic rings. The van der Waals surface area contributed by atoms with Crippen molar-refractivity contribution in [2.45, 2.75) is 33.6 Å². The summed E-state index contributed by atoms with van der Waals surface area (Å²) < 4.78 is 13.7. The van der Waals surface area contributed by atoms with Crippen molar-refractivity contribution in [1.82, 2.24) is 4.90 Å². The second-order valence-electron chi connectivity index (χ2n) is 2.93. The van der Waals surface area contributed by atoms with E-state index in [9.17, 15) is 9.36 Å². The van der Waals surface area contributed by atoms with Crippen molar-refractivity contribution in [2.75, 3.05) is 20.7 Å². The van der Waals surface area contributed by atoms with Crippen LogP contribution in [0.25, 0.3) is 0 Å². The number of nitrogens with two attached hydrogens (primary N) is 1. The smallest absolute Gasteiger partial charge is 0.316 e. The van der Waals surface area contributed by atoms with Crippen LogP contribution in [0.5, 0.6) is 0 Å². The van der Waals surface area contributed by atoms with Crippen LogP contribution >= 0.6 is 8.25 Å². The van der Waals surface area contributed by atoms with E-state index < -0.39 is 14.3 Å². The number of unbranched alkanes of at least 4 members (excludes halogenated alkanes) is 1. The van der Waals surface area contributed by atoms with Gasteiger partial charge in [0.15, 0.2) is 0 Å². The van der Waals surface area contributed by atoms with Crippen molar-refractivity contribution in [2.24, 2.45) is 5.73 Å². The molecule has 0 aromatic rings. The van der Waals surface area contributed by atoms with Crippen LogP contribution in [0.2, 0.25) is 0 Å². The molecule has 6 nitrogen and oxygen atoms in total. The van der Waals surface area contributed by atoms with Crippen LogP contribution < -0.4 is 5.73 Å². The molecule has 0 saturated heterocycles. The lowest BCUT2D eigenvalue weighted by atomic mass is 10.4. The zero-order valence-electron chi connectivity index (χ0n) is 10.8. The monoisotopic (exact) mass is 256 g/mol. The summed E-state index contributed by atoms with van der Waals surface area (Å²) in [6, 6.07) is -0.407. The lowest BCUT2D eigenvalue weighted by molar-refractivity contribution is 0.227. The Balaban J connectivity index is -0.000000162. The van der Waals surface area contributed by atoms with Gasteiger partial charge in [-0.1, -0.05) is 26.7 Å². The summed E-state index contributed by atoms with van der Waals surface area (Å²) in [6.45, 7) is 6.34. The fourth-order valence-corrected chi connectivity index (χ4v) is 0.370. The second-order valence-corrected chi connectivity index (χ2v) is 3.75. The van der Waals surface area contributed by atoms with Crippen molar-refractivity contribution in [3.8, 4) is 0 Å². The number of carbonyl (C=O) groups excluding carboxylic acids is 1. The Morgan fingerprint density at radius 3 is 1.62 bits per heavy atom. The van der Waals surface area contributed by atoms with E-state index >= 15 is 0 Å². The fourth-order valence-electron chi connectivity index (χ4n) is 0.123. The Labute approximate surface area is 98.7 Å². The third-order valence-electron chi connectivity index (χ3n) is 1.21. The number of urea groups is 1. The third-order valence-corrected chi connectivity index (χ3v) is 1.74. The molecule has 0 spiro atoms. The average Bonchev–Trinajstić information content (AvgIpc) is 2.18. The van der Waals surface area contributed by atoms with E-state index in [1.807, 2.05) is 0 Å². The molecule has 0 aliphatic carbocycles. The van der Waals surface area contributed by atoms with Crippen molar-refractivity contribution >= 4 is 14.3 Å². The van der Waals surface area contributed by atoms with E-state index in [-0.39, 0.29) is 0 Å². The predicted molar refractivity (Wildman–Crippen MR) is 66.7 cm³/mol. The molecule has 0 saturated carbocycles. The topological polar surface area (TPSA) is 92.9 Å². The lowest BCUT2D eigenvalue weighted by Crippen LogP contribution is -2.27. The van der Waals surface area contributed by atoms with Gasteiger partial charge < -0.3 is 20.1 Å². The SMILES string of the molecule is CCCC.CCO[PH](=O)O.CN(C)C(N)=O. The molecule has 1 atom stereocenters. The van der Waals surface area contributed by atoms with Crippen LogP contribution in [0.15, 0.2) is 0 Å². The molecule has 0 aliphatic heterocycles. The second kappa shape index (κ2) is 16.8. The molecule has 0 heterocycles.